The van der Waals surface area contributed by atoms with Crippen molar-refractivity contribution < 1.29 is 8.42 Å². The molecular weight excluding hydrogens is 859 g/mol. The van der Waals surface area contributed by atoms with Gasteiger partial charge < -0.3 is 9.13 Å². The molecule has 4 aromatic heterocycles. The van der Waals surface area contributed by atoms with Gasteiger partial charge in [-0.1, -0.05) is 115 Å². The molecule has 4 heterocycles. The number of fused-ring (bicyclic) bond motifs is 9. The van der Waals surface area contributed by atoms with Crippen molar-refractivity contribution in [3.8, 4) is 46.2 Å². The molecule has 9 nitrogen and oxygen atoms in total. The predicted molar refractivity (Wildman–Crippen MR) is 270 cm³/mol. The normalized spacial score (nSPS) is 11.9. The van der Waals surface area contributed by atoms with E-state index < -0.39 is 9.84 Å². The number of benzene rings is 9. The lowest BCUT2D eigenvalue weighted by atomic mass is 10.1. The van der Waals surface area contributed by atoms with Gasteiger partial charge in [0, 0.05) is 54.8 Å². The molecule has 0 N–H and O–H groups in total. The number of rotatable bonds is 7. The zero-order valence-electron chi connectivity index (χ0n) is 36.1. The topological polar surface area (TPSA) is 111 Å². The molecule has 0 radical (unpaired) electrons. The van der Waals surface area contributed by atoms with E-state index in [0.717, 1.165) is 87.9 Å². The summed E-state index contributed by atoms with van der Waals surface area (Å²) >= 11 is 0. The van der Waals surface area contributed by atoms with Crippen LogP contribution >= 0.6 is 0 Å². The van der Waals surface area contributed by atoms with E-state index in [9.17, 15) is 13.7 Å². The first-order valence-corrected chi connectivity index (χ1v) is 23.6. The minimum absolute atomic E-state index is 0.127. The fourth-order valence-corrected chi connectivity index (χ4v) is 11.1. The number of sulfone groups is 1. The predicted octanol–water partition coefficient (Wildman–Crippen LogP) is 13.2. The second-order valence-electron chi connectivity index (χ2n) is 16.8. The number of para-hydroxylation sites is 3. The number of aromatic nitrogens is 6. The minimum atomic E-state index is -3.87. The van der Waals surface area contributed by atoms with Crippen LogP contribution in [0.15, 0.2) is 222 Å². The second kappa shape index (κ2) is 15.2. The number of hydrogen-bond acceptors (Lipinski definition) is 6. The summed E-state index contributed by atoms with van der Waals surface area (Å²) in [6.45, 7) is 0. The van der Waals surface area contributed by atoms with Gasteiger partial charge in [-0.25, -0.2) is 13.4 Å². The molecule has 320 valence electrons. The molecule has 0 saturated carbocycles. The Balaban J connectivity index is 1.11. The van der Waals surface area contributed by atoms with Crippen molar-refractivity contribution in [2.75, 3.05) is 0 Å². The molecule has 10 heteroatoms. The third-order valence-corrected chi connectivity index (χ3v) is 14.7. The van der Waals surface area contributed by atoms with Crippen LogP contribution in [0.4, 0.5) is 0 Å². The molecule has 0 fully saturated rings. The number of nitrogens with zero attached hydrogens (tertiary/aromatic N) is 7. The van der Waals surface area contributed by atoms with Gasteiger partial charge >= 0.3 is 0 Å². The van der Waals surface area contributed by atoms with Crippen molar-refractivity contribution in [2.45, 2.75) is 9.79 Å². The summed E-state index contributed by atoms with van der Waals surface area (Å²) in [7, 11) is -3.87. The Hall–Kier alpha value is -9.17. The summed E-state index contributed by atoms with van der Waals surface area (Å²) in [4.78, 5) is 15.7. The van der Waals surface area contributed by atoms with Crippen LogP contribution in [0.5, 0.6) is 0 Å². The molecule has 0 saturated heterocycles. The molecular formula is C58H35N7O2S. The summed E-state index contributed by atoms with van der Waals surface area (Å²) in [5.74, 6) is 1.63. The van der Waals surface area contributed by atoms with Crippen molar-refractivity contribution in [2.24, 2.45) is 0 Å². The van der Waals surface area contributed by atoms with Crippen molar-refractivity contribution >= 4 is 75.3 Å². The number of hydrogen-bond donors (Lipinski definition) is 0. The fraction of sp³-hybridized carbons (Fsp3) is 0. The van der Waals surface area contributed by atoms with E-state index in [1.165, 1.54) is 24.3 Å². The summed E-state index contributed by atoms with van der Waals surface area (Å²) in [6, 6.07) is 71.5. The van der Waals surface area contributed by atoms with E-state index in [1.807, 2.05) is 84.9 Å². The Kier molecular flexibility index (Phi) is 8.77. The van der Waals surface area contributed by atoms with Crippen molar-refractivity contribution in [1.82, 2.24) is 28.7 Å². The van der Waals surface area contributed by atoms with E-state index in [4.69, 9.17) is 15.0 Å². The van der Waals surface area contributed by atoms with Gasteiger partial charge in [0.05, 0.1) is 54.5 Å². The van der Waals surface area contributed by atoms with Crippen LogP contribution in [0.1, 0.15) is 5.56 Å². The lowest BCUT2D eigenvalue weighted by Gasteiger charge is -2.11. The Morgan fingerprint density at radius 1 is 0.368 bits per heavy atom. The maximum atomic E-state index is 13.9. The first kappa shape index (κ1) is 39.2. The fourth-order valence-electron chi connectivity index (χ4n) is 9.80. The van der Waals surface area contributed by atoms with Crippen LogP contribution < -0.4 is 0 Å². The Morgan fingerprint density at radius 3 is 1.25 bits per heavy atom. The Bertz CT molecular complexity index is 4250. The molecule has 0 spiro atoms. The van der Waals surface area contributed by atoms with Gasteiger partial charge in [-0.05, 0) is 97.1 Å². The van der Waals surface area contributed by atoms with E-state index >= 15 is 0 Å². The molecule has 13 aromatic rings. The third kappa shape index (κ3) is 6.07. The van der Waals surface area contributed by atoms with E-state index in [-0.39, 0.29) is 9.79 Å². The summed E-state index contributed by atoms with van der Waals surface area (Å²) < 4.78 is 34.6. The lowest BCUT2D eigenvalue weighted by molar-refractivity contribution is 0.596. The average molecular weight is 894 g/mol. The van der Waals surface area contributed by atoms with Gasteiger partial charge in [0.15, 0.2) is 11.6 Å². The minimum Gasteiger partial charge on any atom is -0.309 e. The number of nitriles is 1. The summed E-state index contributed by atoms with van der Waals surface area (Å²) in [6.07, 6.45) is 0. The monoisotopic (exact) mass is 893 g/mol. The highest BCUT2D eigenvalue weighted by Gasteiger charge is 2.24. The zero-order valence-corrected chi connectivity index (χ0v) is 36.9. The van der Waals surface area contributed by atoms with Crippen LogP contribution in [-0.2, 0) is 9.84 Å². The molecule has 0 atom stereocenters. The van der Waals surface area contributed by atoms with Gasteiger partial charge in [-0.2, -0.15) is 15.2 Å². The molecule has 0 unspecified atom stereocenters. The van der Waals surface area contributed by atoms with Gasteiger partial charge in [0.2, 0.25) is 15.8 Å². The van der Waals surface area contributed by atoms with Crippen LogP contribution in [0.25, 0.3) is 106 Å². The van der Waals surface area contributed by atoms with E-state index in [1.54, 1.807) is 12.1 Å². The average Bonchev–Trinajstić information content (AvgIpc) is 4.02. The molecule has 9 aromatic carbocycles. The van der Waals surface area contributed by atoms with Gasteiger partial charge in [0.25, 0.3) is 0 Å². The smallest absolute Gasteiger partial charge is 0.238 e. The highest BCUT2D eigenvalue weighted by Crippen LogP contribution is 2.43. The molecule has 0 aliphatic rings. The molecule has 0 aliphatic carbocycles. The van der Waals surface area contributed by atoms with Crippen LogP contribution in [0.3, 0.4) is 0 Å². The maximum absolute atomic E-state index is 13.9. The van der Waals surface area contributed by atoms with E-state index in [2.05, 4.69) is 111 Å². The lowest BCUT2D eigenvalue weighted by Crippen LogP contribution is -2.06. The Morgan fingerprint density at radius 2 is 0.750 bits per heavy atom. The highest BCUT2D eigenvalue weighted by atomic mass is 32.2. The zero-order chi connectivity index (χ0) is 45.5. The quantitative estimate of drug-likeness (QED) is 0.158. The van der Waals surface area contributed by atoms with Crippen molar-refractivity contribution in [3.05, 3.63) is 218 Å². The van der Waals surface area contributed by atoms with Gasteiger partial charge in [-0.15, -0.1) is 0 Å². The van der Waals surface area contributed by atoms with Crippen LogP contribution in [0.2, 0.25) is 0 Å². The summed E-state index contributed by atoms with van der Waals surface area (Å²) in [5, 5.41) is 15.6. The highest BCUT2D eigenvalue weighted by molar-refractivity contribution is 7.91. The first-order chi connectivity index (χ1) is 33.4. The van der Waals surface area contributed by atoms with Gasteiger partial charge in [-0.3, -0.25) is 4.57 Å². The largest absolute Gasteiger partial charge is 0.309 e. The van der Waals surface area contributed by atoms with Crippen LogP contribution in [-0.4, -0.2) is 37.1 Å². The van der Waals surface area contributed by atoms with Crippen molar-refractivity contribution in [1.29, 1.82) is 5.26 Å². The molecule has 0 amide bonds. The Labute approximate surface area is 389 Å². The maximum Gasteiger partial charge on any atom is 0.238 e. The summed E-state index contributed by atoms with van der Waals surface area (Å²) in [5.41, 5.74) is 9.96. The van der Waals surface area contributed by atoms with Gasteiger partial charge in [0.1, 0.15) is 0 Å². The van der Waals surface area contributed by atoms with E-state index in [0.29, 0.717) is 23.2 Å². The standard InChI is InChI=1S/C58H35N7O2S/c59-36-37-24-28-42(29-25-37)68(66,67)43-30-26-41(27-31-43)64-53-32-46-44-20-10-12-22-50(44)63(40-18-8-3-9-19-40)52(46)34-48(53)49-35-55-47(33-54(49)64)45-21-11-13-23-51(45)65(55)58-61-56(38-14-4-1-5-15-38)60-57(62-58)39-16-6-2-7-17-39/h1-35H. The molecule has 13 rings (SSSR count). The van der Waals surface area contributed by atoms with Crippen molar-refractivity contribution in [3.63, 3.8) is 0 Å². The SMILES string of the molecule is N#Cc1ccc(S(=O)(=O)c2ccc(-n3c4cc5c6ccccc6n(-c6ccccc6)c5cc4c4cc5c(cc43)c3ccccc3n5-c3nc(-c4ccccc4)nc(-c4ccccc4)n3)cc2)cc1. The molecule has 0 aliphatic heterocycles. The molecule has 0 bridgehead atoms. The second-order valence-corrected chi connectivity index (χ2v) is 18.7. The first-order valence-electron chi connectivity index (χ1n) is 22.2. The third-order valence-electron chi connectivity index (χ3n) is 13.0. The molecule has 68 heavy (non-hydrogen) atoms. The van der Waals surface area contributed by atoms with Crippen LogP contribution in [0, 0.1) is 11.3 Å².